The van der Waals surface area contributed by atoms with Crippen LogP contribution in [0.4, 0.5) is 0 Å². The van der Waals surface area contributed by atoms with E-state index in [0.717, 1.165) is 12.2 Å². The normalized spacial score (nSPS) is 10.3. The molecule has 0 heterocycles. The molecule has 1 nitrogen and oxygen atoms in total. The predicted octanol–water partition coefficient (Wildman–Crippen LogP) is 2.81. The third kappa shape index (κ3) is 2.57. The van der Waals surface area contributed by atoms with Crippen LogP contribution in [0.3, 0.4) is 0 Å². The lowest BCUT2D eigenvalue weighted by Crippen LogP contribution is -1.94. The first-order valence-corrected chi connectivity index (χ1v) is 4.27. The highest BCUT2D eigenvalue weighted by Gasteiger charge is 1.98. The average molecular weight is 164 g/mol. The largest absolute Gasteiger partial charge is 1.00 e. The molecule has 1 aromatic rings. The van der Waals surface area contributed by atoms with Gasteiger partial charge in [0.15, 0.2) is 0 Å². The second-order valence-electron chi connectivity index (χ2n) is 3.36. The molecule has 0 aliphatic rings. The van der Waals surface area contributed by atoms with Gasteiger partial charge >= 0.3 is 1.43 Å². The third-order valence-electron chi connectivity index (χ3n) is 1.70. The number of hydrogen-bond acceptors (Lipinski definition) is 1. The van der Waals surface area contributed by atoms with Crippen molar-refractivity contribution >= 4 is 0 Å². The van der Waals surface area contributed by atoms with Gasteiger partial charge in [-0.2, -0.15) is 0 Å². The quantitative estimate of drug-likeness (QED) is 0.667. The fourth-order valence-electron chi connectivity index (χ4n) is 1.21. The van der Waals surface area contributed by atoms with Gasteiger partial charge in [-0.05, 0) is 24.0 Å². The van der Waals surface area contributed by atoms with Crippen molar-refractivity contribution in [3.63, 3.8) is 0 Å². The highest BCUT2D eigenvalue weighted by molar-refractivity contribution is 5.27. The zero-order valence-electron chi connectivity index (χ0n) is 8.92. The van der Waals surface area contributed by atoms with Crippen LogP contribution in [0.15, 0.2) is 18.2 Å². The first kappa shape index (κ1) is 9.11. The van der Waals surface area contributed by atoms with Crippen molar-refractivity contribution in [1.29, 1.82) is 0 Å². The van der Waals surface area contributed by atoms with Gasteiger partial charge in [-0.25, -0.2) is 0 Å². The zero-order chi connectivity index (χ0) is 8.97. The van der Waals surface area contributed by atoms with Crippen LogP contribution >= 0.6 is 0 Å². The first-order valence-electron chi connectivity index (χ1n) is 4.27. The average Bonchev–Trinajstić information content (AvgIpc) is 2.03. The summed E-state index contributed by atoms with van der Waals surface area (Å²) in [5.41, 5.74) is 1.32. The van der Waals surface area contributed by atoms with Crippen LogP contribution in [0.5, 0.6) is 5.75 Å². The molecule has 0 saturated heterocycles. The summed E-state index contributed by atoms with van der Waals surface area (Å²) in [6.07, 6.45) is 1.10. The SMILES string of the molecule is COc1[c]ccc(CC(C)C)c1.[H+]. The van der Waals surface area contributed by atoms with Gasteiger partial charge in [0.1, 0.15) is 5.75 Å². The van der Waals surface area contributed by atoms with E-state index in [-0.39, 0.29) is 1.43 Å². The van der Waals surface area contributed by atoms with E-state index in [9.17, 15) is 0 Å². The summed E-state index contributed by atoms with van der Waals surface area (Å²) >= 11 is 0. The lowest BCUT2D eigenvalue weighted by molar-refractivity contribution is 0.413. The third-order valence-corrected chi connectivity index (χ3v) is 1.70. The van der Waals surface area contributed by atoms with Gasteiger partial charge in [0, 0.05) is 6.07 Å². The maximum Gasteiger partial charge on any atom is 1.00 e. The van der Waals surface area contributed by atoms with Crippen molar-refractivity contribution in [3.05, 3.63) is 29.8 Å². The minimum atomic E-state index is 0. The van der Waals surface area contributed by atoms with Gasteiger partial charge in [-0.1, -0.05) is 26.0 Å². The van der Waals surface area contributed by atoms with Crippen molar-refractivity contribution in [2.24, 2.45) is 5.92 Å². The molecule has 0 fully saturated rings. The molecular formula is C11H16O+. The topological polar surface area (TPSA) is 9.23 Å². The summed E-state index contributed by atoms with van der Waals surface area (Å²) in [6.45, 7) is 4.42. The van der Waals surface area contributed by atoms with Gasteiger partial charge in [-0.3, -0.25) is 0 Å². The van der Waals surface area contributed by atoms with Crippen LogP contribution in [0.25, 0.3) is 0 Å². The Labute approximate surface area is 75.9 Å². The van der Waals surface area contributed by atoms with E-state index in [1.165, 1.54) is 5.56 Å². The number of benzene rings is 1. The lowest BCUT2D eigenvalue weighted by atomic mass is 10.0. The van der Waals surface area contributed by atoms with Crippen LogP contribution in [0.1, 0.15) is 20.8 Å². The molecule has 0 unspecified atom stereocenters. The predicted molar refractivity (Wildman–Crippen MR) is 51.5 cm³/mol. The Balaban J connectivity index is 0.00000144. The zero-order valence-corrected chi connectivity index (χ0v) is 7.92. The van der Waals surface area contributed by atoms with Gasteiger partial charge in [-0.15, -0.1) is 0 Å². The molecular weight excluding hydrogens is 148 g/mol. The molecule has 65 valence electrons. The molecule has 0 saturated carbocycles. The Morgan fingerprint density at radius 1 is 1.58 bits per heavy atom. The summed E-state index contributed by atoms with van der Waals surface area (Å²) in [7, 11) is 1.67. The summed E-state index contributed by atoms with van der Waals surface area (Å²) < 4.78 is 5.08. The lowest BCUT2D eigenvalue weighted by Gasteiger charge is -2.05. The Morgan fingerprint density at radius 3 is 2.92 bits per heavy atom. The van der Waals surface area contributed by atoms with Crippen LogP contribution in [-0.2, 0) is 6.42 Å². The Hall–Kier alpha value is -0.980. The summed E-state index contributed by atoms with van der Waals surface area (Å²) in [5, 5.41) is 0. The molecule has 1 aromatic carbocycles. The molecule has 1 radical (unpaired) electrons. The molecule has 0 spiro atoms. The van der Waals surface area contributed by atoms with E-state index in [4.69, 9.17) is 4.74 Å². The van der Waals surface area contributed by atoms with Gasteiger partial charge in [0.2, 0.25) is 0 Å². The van der Waals surface area contributed by atoms with Gasteiger partial charge < -0.3 is 4.74 Å². The first-order chi connectivity index (χ1) is 5.72. The standard InChI is InChI=1S/C11H15O/c1-9(2)7-10-5-4-6-11(8-10)12-3/h4-5,8-9H,7H2,1-3H3/p+1. The Kier molecular flexibility index (Phi) is 3.15. The smallest absolute Gasteiger partial charge is 0.496 e. The van der Waals surface area contributed by atoms with E-state index in [1.807, 2.05) is 12.1 Å². The highest BCUT2D eigenvalue weighted by atomic mass is 16.5. The van der Waals surface area contributed by atoms with E-state index in [1.54, 1.807) is 7.11 Å². The minimum Gasteiger partial charge on any atom is -0.496 e. The monoisotopic (exact) mass is 164 g/mol. The van der Waals surface area contributed by atoms with Crippen LogP contribution in [0, 0.1) is 12.0 Å². The maximum atomic E-state index is 5.08. The molecule has 0 amide bonds. The van der Waals surface area contributed by atoms with E-state index in [2.05, 4.69) is 26.0 Å². The van der Waals surface area contributed by atoms with Crippen molar-refractivity contribution < 1.29 is 6.16 Å². The van der Waals surface area contributed by atoms with Crippen LogP contribution < -0.4 is 4.74 Å². The minimum absolute atomic E-state index is 0. The number of ether oxygens (including phenoxy) is 1. The maximum absolute atomic E-state index is 5.08. The second-order valence-corrected chi connectivity index (χ2v) is 3.36. The molecule has 0 aromatic heterocycles. The Morgan fingerprint density at radius 2 is 2.33 bits per heavy atom. The molecule has 12 heavy (non-hydrogen) atoms. The molecule has 1 rings (SSSR count). The second kappa shape index (κ2) is 4.15. The molecule has 0 atom stereocenters. The van der Waals surface area contributed by atoms with Crippen LogP contribution in [0.2, 0.25) is 0 Å². The van der Waals surface area contributed by atoms with E-state index < -0.39 is 0 Å². The number of methoxy groups -OCH3 is 1. The molecule has 0 aliphatic carbocycles. The van der Waals surface area contributed by atoms with E-state index in [0.29, 0.717) is 5.92 Å². The summed E-state index contributed by atoms with van der Waals surface area (Å²) in [4.78, 5) is 0. The molecule has 0 N–H and O–H groups in total. The van der Waals surface area contributed by atoms with Gasteiger partial charge in [0.05, 0.1) is 7.11 Å². The van der Waals surface area contributed by atoms with Crippen molar-refractivity contribution in [1.82, 2.24) is 0 Å². The fraction of sp³-hybridized carbons (Fsp3) is 0.455. The number of rotatable bonds is 3. The summed E-state index contributed by atoms with van der Waals surface area (Å²) in [5.74, 6) is 1.52. The van der Waals surface area contributed by atoms with Crippen molar-refractivity contribution in [3.8, 4) is 5.75 Å². The fourth-order valence-corrected chi connectivity index (χ4v) is 1.21. The highest BCUT2D eigenvalue weighted by Crippen LogP contribution is 2.14. The van der Waals surface area contributed by atoms with Crippen molar-refractivity contribution in [2.75, 3.05) is 7.11 Å². The van der Waals surface area contributed by atoms with Gasteiger partial charge in [0.25, 0.3) is 0 Å². The molecule has 1 heteroatoms. The Bertz CT molecular complexity index is 246. The molecule has 0 bridgehead atoms. The molecule has 0 aliphatic heterocycles. The van der Waals surface area contributed by atoms with Crippen LogP contribution in [-0.4, -0.2) is 7.11 Å². The van der Waals surface area contributed by atoms with Crippen molar-refractivity contribution in [2.45, 2.75) is 20.3 Å². The summed E-state index contributed by atoms with van der Waals surface area (Å²) in [6, 6.07) is 9.05. The number of hydrogen-bond donors (Lipinski definition) is 0. The van der Waals surface area contributed by atoms with E-state index >= 15 is 0 Å².